The summed E-state index contributed by atoms with van der Waals surface area (Å²) >= 11 is 0. The standard InChI is InChI=1S/C77H148O12.C41H78O6/c1-5-9-13-41-53-69(78)57-45-33-25-17-21-29-37-49-61-73(82)86-65-77(66-87-74(83)62-50-38-30-22-18-26-34-46-58-70(79)54-42-14-10-6-2,67-88-75(84)63-51-39-31-23-19-27-35-47-59-71(80)55-43-15-11-7-3)68-89-76(85)64-52-40-32-24-20-28-36-48-60-72(81)56-44-16-12-8-4;1-5-7-9-23-29-37(42)31-25-19-15-11-13-17-21-27-33-39(44)46-35-41(3,4)36-47-40(45)34-28-22-18-14-12-16-20-26-32-38(43)30-24-10-8-6-2/h69-72,78-81H,5-68H2,1-4H3;37-38,42-43H,3-36H2,1-2H3. The lowest BCUT2D eigenvalue weighted by Crippen LogP contribution is -2.44. The Bertz CT molecular complexity index is 2250. The molecule has 806 valence electrons. The first-order chi connectivity index (χ1) is 66.1. The minimum Gasteiger partial charge on any atom is -0.465 e. The Morgan fingerprint density at radius 1 is 0.169 bits per heavy atom. The van der Waals surface area contributed by atoms with Crippen LogP contribution in [0.25, 0.3) is 0 Å². The van der Waals surface area contributed by atoms with Crippen LogP contribution in [0.15, 0.2) is 0 Å². The molecule has 0 aliphatic heterocycles. The van der Waals surface area contributed by atoms with Crippen LogP contribution in [0.5, 0.6) is 0 Å². The fraction of sp³-hybridized carbons (Fsp3) is 0.932. The van der Waals surface area contributed by atoms with E-state index in [9.17, 15) is 59.4 Å². The van der Waals surface area contributed by atoms with Gasteiger partial charge in [0.05, 0.1) is 36.6 Å². The highest BCUT2D eigenvalue weighted by Crippen LogP contribution is 2.28. The van der Waals surface area contributed by atoms with Crippen molar-refractivity contribution in [3.05, 3.63) is 13.8 Å². The van der Waals surface area contributed by atoms with Gasteiger partial charge in [-0.15, -0.1) is 0 Å². The van der Waals surface area contributed by atoms with Crippen LogP contribution in [0.4, 0.5) is 0 Å². The highest BCUT2D eigenvalue weighted by Gasteiger charge is 2.38. The predicted octanol–water partition coefficient (Wildman–Crippen LogP) is 32.3. The Hall–Kier alpha value is -3.42. The highest BCUT2D eigenvalue weighted by atomic mass is 16.6. The van der Waals surface area contributed by atoms with Crippen molar-refractivity contribution in [3.63, 3.8) is 0 Å². The van der Waals surface area contributed by atoms with E-state index >= 15 is 0 Å². The average Bonchev–Trinajstić information content (AvgIpc) is 0.850. The van der Waals surface area contributed by atoms with E-state index in [0.29, 0.717) is 38.5 Å². The largest absolute Gasteiger partial charge is 0.465 e. The summed E-state index contributed by atoms with van der Waals surface area (Å²) in [6, 6.07) is 0. The van der Waals surface area contributed by atoms with E-state index in [-0.39, 0.29) is 138 Å². The van der Waals surface area contributed by atoms with Crippen molar-refractivity contribution in [3.8, 4) is 0 Å². The molecule has 0 rings (SSSR count). The predicted molar refractivity (Wildman–Crippen MR) is 567 cm³/mol. The van der Waals surface area contributed by atoms with Gasteiger partial charge in [0.2, 0.25) is 0 Å². The molecule has 0 bridgehead atoms. The van der Waals surface area contributed by atoms with E-state index in [1.165, 1.54) is 167 Å². The number of carbonyl (C=O) groups is 6. The molecule has 0 aliphatic carbocycles. The summed E-state index contributed by atoms with van der Waals surface area (Å²) in [6.45, 7) is 20.4. The summed E-state index contributed by atoms with van der Waals surface area (Å²) < 4.78 is 34.5. The number of hydrogen-bond acceptors (Lipinski definition) is 18. The van der Waals surface area contributed by atoms with Crippen molar-refractivity contribution in [1.82, 2.24) is 0 Å². The van der Waals surface area contributed by atoms with Crippen LogP contribution in [0.3, 0.4) is 0 Å². The van der Waals surface area contributed by atoms with Crippen LogP contribution in [0, 0.1) is 24.7 Å². The molecule has 6 unspecified atom stereocenters. The Morgan fingerprint density at radius 3 is 0.397 bits per heavy atom. The number of carbonyl (C=O) groups excluding carboxylic acids is 6. The molecule has 6 atom stereocenters. The first-order valence-corrected chi connectivity index (χ1v) is 58.8. The van der Waals surface area contributed by atoms with Gasteiger partial charge in [0, 0.05) is 43.9 Å². The van der Waals surface area contributed by atoms with Gasteiger partial charge < -0.3 is 59.1 Å². The fourth-order valence-electron chi connectivity index (χ4n) is 18.1. The molecule has 6 N–H and O–H groups in total. The smallest absolute Gasteiger partial charge is 0.305 e. The highest BCUT2D eigenvalue weighted by molar-refractivity contribution is 5.71. The van der Waals surface area contributed by atoms with Crippen molar-refractivity contribution in [2.75, 3.05) is 39.6 Å². The van der Waals surface area contributed by atoms with Gasteiger partial charge in [-0.05, 0) is 129 Å². The maximum Gasteiger partial charge on any atom is 0.305 e. The Balaban J connectivity index is 0. The van der Waals surface area contributed by atoms with Crippen molar-refractivity contribution in [2.45, 2.75) is 656 Å². The molecule has 0 heterocycles. The van der Waals surface area contributed by atoms with Crippen molar-refractivity contribution in [2.24, 2.45) is 10.8 Å². The Morgan fingerprint density at radius 2 is 0.272 bits per heavy atom. The third-order valence-electron chi connectivity index (χ3n) is 27.6. The van der Waals surface area contributed by atoms with Gasteiger partial charge in [-0.25, -0.2) is 0 Å². The van der Waals surface area contributed by atoms with E-state index < -0.39 is 10.8 Å². The third kappa shape index (κ3) is 102. The number of esters is 6. The molecule has 0 aromatic carbocycles. The van der Waals surface area contributed by atoms with E-state index in [1.54, 1.807) is 0 Å². The molecule has 18 nitrogen and oxygen atoms in total. The van der Waals surface area contributed by atoms with E-state index in [4.69, 9.17) is 28.4 Å². The second-order valence-electron chi connectivity index (χ2n) is 42.2. The molecule has 136 heavy (non-hydrogen) atoms. The first kappa shape index (κ1) is 135. The van der Waals surface area contributed by atoms with Gasteiger partial charge in [0.15, 0.2) is 0 Å². The summed E-state index contributed by atoms with van der Waals surface area (Å²) in [4.78, 5) is 78.0. The normalized spacial score (nSPS) is 13.5. The van der Waals surface area contributed by atoms with Crippen LogP contribution < -0.4 is 0 Å². The number of rotatable bonds is 108. The maximum atomic E-state index is 13.4. The third-order valence-corrected chi connectivity index (χ3v) is 27.6. The minimum atomic E-state index is -1.27. The van der Waals surface area contributed by atoms with Crippen LogP contribution in [-0.4, -0.2) is 143 Å². The van der Waals surface area contributed by atoms with E-state index in [1.807, 2.05) is 0 Å². The number of aliphatic hydroxyl groups is 6. The zero-order valence-corrected chi connectivity index (χ0v) is 90.3. The van der Waals surface area contributed by atoms with Crippen molar-refractivity contribution in [1.29, 1.82) is 0 Å². The lowest BCUT2D eigenvalue weighted by atomic mass is 9.92. The monoisotopic (exact) mass is 1930 g/mol. The lowest BCUT2D eigenvalue weighted by molar-refractivity contribution is -0.171. The molecule has 0 fully saturated rings. The van der Waals surface area contributed by atoms with E-state index in [2.05, 4.69) is 55.4 Å². The maximum absolute atomic E-state index is 13.4. The zero-order valence-electron chi connectivity index (χ0n) is 90.3. The number of aliphatic hydroxyl groups excluding tert-OH is 6. The van der Waals surface area contributed by atoms with E-state index in [0.717, 1.165) is 347 Å². The number of ether oxygens (including phenoxy) is 6. The van der Waals surface area contributed by atoms with Gasteiger partial charge in [-0.2, -0.15) is 0 Å². The molecule has 0 amide bonds. The molecule has 0 saturated heterocycles. The first-order valence-electron chi connectivity index (χ1n) is 58.8. The van der Waals surface area contributed by atoms with Crippen molar-refractivity contribution >= 4 is 35.8 Å². The molecule has 0 saturated carbocycles. The SMILES string of the molecule is CCCCCCC(O)CCCCCCCCCCC(=O)OCC(COC(=O)CCCCCCCCCCC(O)CCCCCC)(COC(=O)CCCCCCCCCCC(O)CCCCCC)COC(=O)CCCCCCCCCCC(O)CCCCCC.[CH2]C([CH2])(COC(=O)CCCCCCCCCCC(O)CCCCCC)COC(=O)CCCCCCCCCCC(O)CCCCCC. The van der Waals surface area contributed by atoms with Crippen LogP contribution in [0.2, 0.25) is 0 Å². The summed E-state index contributed by atoms with van der Waals surface area (Å²) in [7, 11) is 0. The summed E-state index contributed by atoms with van der Waals surface area (Å²) in [5, 5.41) is 61.4. The zero-order chi connectivity index (χ0) is 100. The Labute approximate surface area is 839 Å². The molecule has 0 spiro atoms. The number of unbranched alkanes of at least 4 members (excludes halogenated alkanes) is 60. The van der Waals surface area contributed by atoms with Crippen LogP contribution >= 0.6 is 0 Å². The lowest BCUT2D eigenvalue weighted by Gasteiger charge is -2.31. The van der Waals surface area contributed by atoms with Gasteiger partial charge in [0.1, 0.15) is 45.1 Å². The summed E-state index contributed by atoms with van der Waals surface area (Å²) in [6.07, 6.45) is 91.4. The fourth-order valence-corrected chi connectivity index (χ4v) is 18.1. The van der Waals surface area contributed by atoms with Gasteiger partial charge in [-0.1, -0.05) is 465 Å². The second-order valence-corrected chi connectivity index (χ2v) is 42.2. The van der Waals surface area contributed by atoms with Gasteiger partial charge >= 0.3 is 35.8 Å². The van der Waals surface area contributed by atoms with Crippen molar-refractivity contribution < 1.29 is 87.8 Å². The Kier molecular flexibility index (Phi) is 103. The summed E-state index contributed by atoms with van der Waals surface area (Å²) in [5.74, 6) is -2.01. The molecular formula is C118H226O18. The van der Waals surface area contributed by atoms with Gasteiger partial charge in [0.25, 0.3) is 0 Å². The van der Waals surface area contributed by atoms with Crippen LogP contribution in [0.1, 0.15) is 619 Å². The quantitative estimate of drug-likeness (QED) is 0.0187. The molecule has 0 aromatic heterocycles. The molecule has 2 radical (unpaired) electrons. The molecule has 0 aromatic rings. The van der Waals surface area contributed by atoms with Gasteiger partial charge in [-0.3, -0.25) is 28.8 Å². The molecule has 18 heteroatoms. The van der Waals surface area contributed by atoms with Crippen LogP contribution in [-0.2, 0) is 57.2 Å². The minimum absolute atomic E-state index is 0.0461. The topological polar surface area (TPSA) is 279 Å². The average molecular weight is 1930 g/mol. The molecular weight excluding hydrogens is 1710 g/mol. The second kappa shape index (κ2) is 104. The summed E-state index contributed by atoms with van der Waals surface area (Å²) in [5.41, 5.74) is -2.16. The number of hydrogen-bond donors (Lipinski definition) is 6. The molecule has 0 aliphatic rings.